The molecule has 2 heterocycles. The number of aromatic amines is 1. The van der Waals surface area contributed by atoms with Gasteiger partial charge in [0.1, 0.15) is 11.3 Å². The highest BCUT2D eigenvalue weighted by atomic mass is 16.5. The summed E-state index contributed by atoms with van der Waals surface area (Å²) in [7, 11) is 1.68. The van der Waals surface area contributed by atoms with Crippen molar-refractivity contribution in [1.29, 1.82) is 0 Å². The van der Waals surface area contributed by atoms with Crippen LogP contribution in [-0.2, 0) is 10.3 Å². The summed E-state index contributed by atoms with van der Waals surface area (Å²) in [6.07, 6.45) is 14.4. The van der Waals surface area contributed by atoms with Crippen molar-refractivity contribution in [3.8, 4) is 5.75 Å². The monoisotopic (exact) mass is 347 g/mol. The molecule has 0 amide bonds. The Bertz CT molecular complexity index is 1010. The average Bonchev–Trinajstić information content (AvgIpc) is 3.37. The topological polar surface area (TPSA) is 59.9 Å². The summed E-state index contributed by atoms with van der Waals surface area (Å²) < 4.78 is 7.47. The molecule has 4 rings (SSSR count). The number of fused-ring (bicyclic) bond motifs is 1. The van der Waals surface area contributed by atoms with Crippen molar-refractivity contribution in [2.75, 3.05) is 7.11 Å². The molecule has 1 atom stereocenters. The molecule has 0 bridgehead atoms. The van der Waals surface area contributed by atoms with E-state index in [0.29, 0.717) is 12.8 Å². The summed E-state index contributed by atoms with van der Waals surface area (Å²) in [6.45, 7) is 1.90. The number of carbonyl (C=O) groups excluding carboxylic acids is 1. The van der Waals surface area contributed by atoms with E-state index in [1.54, 1.807) is 19.6 Å². The molecule has 1 aromatic carbocycles. The van der Waals surface area contributed by atoms with Gasteiger partial charge in [0.2, 0.25) is 0 Å². The van der Waals surface area contributed by atoms with Crippen molar-refractivity contribution < 1.29 is 9.53 Å². The molecular formula is C21H21N3O2. The van der Waals surface area contributed by atoms with Crippen LogP contribution in [0, 0.1) is 0 Å². The van der Waals surface area contributed by atoms with E-state index >= 15 is 0 Å². The van der Waals surface area contributed by atoms with Crippen LogP contribution < -0.4 is 4.74 Å². The molecule has 1 aliphatic carbocycles. The fourth-order valence-corrected chi connectivity index (χ4v) is 3.81. The third-order valence-corrected chi connectivity index (χ3v) is 5.13. The van der Waals surface area contributed by atoms with Crippen LogP contribution in [0.5, 0.6) is 5.75 Å². The minimum Gasteiger partial charge on any atom is -0.496 e. The zero-order chi connectivity index (χ0) is 18.1. The molecule has 26 heavy (non-hydrogen) atoms. The molecule has 132 valence electrons. The van der Waals surface area contributed by atoms with Gasteiger partial charge in [0.25, 0.3) is 0 Å². The number of imidazole rings is 1. The first kappa shape index (κ1) is 16.4. The average molecular weight is 347 g/mol. The Morgan fingerprint density at radius 3 is 3.04 bits per heavy atom. The highest BCUT2D eigenvalue weighted by molar-refractivity contribution is 5.99. The number of hydrogen-bond acceptors (Lipinski definition) is 3. The Hall–Kier alpha value is -3.08. The summed E-state index contributed by atoms with van der Waals surface area (Å²) in [6, 6.07) is 5.95. The van der Waals surface area contributed by atoms with Gasteiger partial charge in [0.15, 0.2) is 5.78 Å². The van der Waals surface area contributed by atoms with Gasteiger partial charge in [0.05, 0.1) is 13.4 Å². The number of carbonyl (C=O) groups is 1. The molecule has 1 aliphatic rings. The number of nitrogens with zero attached hydrogens (tertiary/aromatic N) is 2. The van der Waals surface area contributed by atoms with Crippen LogP contribution in [0.4, 0.5) is 0 Å². The predicted octanol–water partition coefficient (Wildman–Crippen LogP) is 4.09. The predicted molar refractivity (Wildman–Crippen MR) is 102 cm³/mol. The molecule has 2 aromatic heterocycles. The number of Topliss-reactive ketones (excluding diaryl/α,β-unsaturated/α-hetero) is 1. The molecule has 5 nitrogen and oxygen atoms in total. The molecule has 0 saturated carbocycles. The van der Waals surface area contributed by atoms with Crippen molar-refractivity contribution in [3.63, 3.8) is 0 Å². The van der Waals surface area contributed by atoms with Gasteiger partial charge in [0, 0.05) is 47.9 Å². The lowest BCUT2D eigenvalue weighted by atomic mass is 9.79. The van der Waals surface area contributed by atoms with Crippen LogP contribution in [0.15, 0.2) is 61.3 Å². The summed E-state index contributed by atoms with van der Waals surface area (Å²) in [5.41, 5.74) is 2.44. The largest absolute Gasteiger partial charge is 0.496 e. The third-order valence-electron chi connectivity index (χ3n) is 5.13. The molecule has 0 unspecified atom stereocenters. The lowest BCUT2D eigenvalue weighted by molar-refractivity contribution is -0.125. The molecule has 3 aromatic rings. The number of nitrogens with one attached hydrogen (secondary N) is 1. The molecule has 0 radical (unpaired) electrons. The maximum Gasteiger partial charge on any atom is 0.162 e. The number of aromatic nitrogens is 3. The van der Waals surface area contributed by atoms with Gasteiger partial charge in [-0.3, -0.25) is 4.79 Å². The Labute approximate surface area is 152 Å². The molecular weight excluding hydrogens is 326 g/mol. The highest BCUT2D eigenvalue weighted by Gasteiger charge is 2.38. The lowest BCUT2D eigenvalue weighted by Crippen LogP contribution is -2.40. The van der Waals surface area contributed by atoms with E-state index < -0.39 is 5.54 Å². The molecule has 0 fully saturated rings. The van der Waals surface area contributed by atoms with E-state index in [-0.39, 0.29) is 5.78 Å². The van der Waals surface area contributed by atoms with Crippen LogP contribution in [0.3, 0.4) is 0 Å². The first-order valence-corrected chi connectivity index (χ1v) is 8.74. The van der Waals surface area contributed by atoms with E-state index in [4.69, 9.17) is 4.74 Å². The van der Waals surface area contributed by atoms with Crippen LogP contribution in [0.1, 0.15) is 25.3 Å². The molecule has 0 saturated heterocycles. The van der Waals surface area contributed by atoms with Crippen molar-refractivity contribution in [1.82, 2.24) is 14.5 Å². The van der Waals surface area contributed by atoms with Gasteiger partial charge >= 0.3 is 0 Å². The van der Waals surface area contributed by atoms with Gasteiger partial charge in [-0.1, -0.05) is 31.2 Å². The SMILES string of the molecule is CCC(=O)[C@@]1(n2ccnc2)C=CC=C(c2c[nH]c3cccc(OC)c23)C1. The van der Waals surface area contributed by atoms with Crippen molar-refractivity contribution in [2.24, 2.45) is 0 Å². The Morgan fingerprint density at radius 1 is 1.42 bits per heavy atom. The highest BCUT2D eigenvalue weighted by Crippen LogP contribution is 2.41. The van der Waals surface area contributed by atoms with Gasteiger partial charge in [-0.05, 0) is 17.7 Å². The first-order valence-electron chi connectivity index (χ1n) is 8.74. The molecule has 0 spiro atoms. The summed E-state index contributed by atoms with van der Waals surface area (Å²) in [4.78, 5) is 20.4. The van der Waals surface area contributed by atoms with Crippen LogP contribution in [-0.4, -0.2) is 27.4 Å². The minimum atomic E-state index is -0.735. The van der Waals surface area contributed by atoms with Crippen molar-refractivity contribution in [3.05, 3.63) is 66.9 Å². The number of H-pyrrole nitrogens is 1. The van der Waals surface area contributed by atoms with E-state index in [9.17, 15) is 4.79 Å². The number of allylic oxidation sites excluding steroid dienone is 4. The standard InChI is InChI=1S/C21H21N3O2/c1-3-19(25)21(24-11-10-22-14-24)9-5-6-15(12-21)16-13-23-17-7-4-8-18(26-2)20(16)17/h4-11,13-14,23H,3,12H2,1-2H3/t21-/m1/s1. The Kier molecular flexibility index (Phi) is 3.99. The fourth-order valence-electron chi connectivity index (χ4n) is 3.81. The number of hydrogen-bond donors (Lipinski definition) is 1. The van der Waals surface area contributed by atoms with Crippen molar-refractivity contribution in [2.45, 2.75) is 25.3 Å². The number of benzene rings is 1. The quantitative estimate of drug-likeness (QED) is 0.756. The zero-order valence-corrected chi connectivity index (χ0v) is 14.9. The van der Waals surface area contributed by atoms with Crippen LogP contribution in [0.2, 0.25) is 0 Å². The first-order chi connectivity index (χ1) is 12.7. The summed E-state index contributed by atoms with van der Waals surface area (Å²) in [5, 5.41) is 1.04. The van der Waals surface area contributed by atoms with Crippen LogP contribution in [0.25, 0.3) is 16.5 Å². The number of rotatable bonds is 5. The second kappa shape index (κ2) is 6.33. The second-order valence-electron chi connectivity index (χ2n) is 6.48. The molecule has 1 N–H and O–H groups in total. The third kappa shape index (κ3) is 2.39. The van der Waals surface area contributed by atoms with E-state index in [1.807, 2.05) is 54.2 Å². The van der Waals surface area contributed by atoms with Gasteiger partial charge in [-0.2, -0.15) is 0 Å². The van der Waals surface area contributed by atoms with Gasteiger partial charge in [-0.25, -0.2) is 4.98 Å². The maximum atomic E-state index is 12.9. The number of methoxy groups -OCH3 is 1. The lowest BCUT2D eigenvalue weighted by Gasteiger charge is -2.33. The van der Waals surface area contributed by atoms with E-state index in [1.165, 1.54) is 0 Å². The molecule has 0 aliphatic heterocycles. The van der Waals surface area contributed by atoms with Crippen molar-refractivity contribution >= 4 is 22.3 Å². The summed E-state index contributed by atoms with van der Waals surface area (Å²) in [5.74, 6) is 0.994. The number of ketones is 1. The molecule has 5 heteroatoms. The number of ether oxygens (including phenoxy) is 1. The fraction of sp³-hybridized carbons (Fsp3) is 0.238. The van der Waals surface area contributed by atoms with E-state index in [0.717, 1.165) is 27.8 Å². The van der Waals surface area contributed by atoms with Crippen LogP contribution >= 0.6 is 0 Å². The van der Waals surface area contributed by atoms with Gasteiger partial charge in [-0.15, -0.1) is 0 Å². The maximum absolute atomic E-state index is 12.9. The minimum absolute atomic E-state index is 0.171. The zero-order valence-electron chi connectivity index (χ0n) is 14.9. The van der Waals surface area contributed by atoms with E-state index in [2.05, 4.69) is 16.0 Å². The second-order valence-corrected chi connectivity index (χ2v) is 6.48. The summed E-state index contributed by atoms with van der Waals surface area (Å²) >= 11 is 0. The van der Waals surface area contributed by atoms with Gasteiger partial charge < -0.3 is 14.3 Å². The Balaban J connectivity index is 1.84. The smallest absolute Gasteiger partial charge is 0.162 e. The Morgan fingerprint density at radius 2 is 2.31 bits per heavy atom. The normalized spacial score (nSPS) is 19.5.